The monoisotopic (exact) mass is 306 g/mol. The fourth-order valence-corrected chi connectivity index (χ4v) is 2.39. The van der Waals surface area contributed by atoms with Gasteiger partial charge < -0.3 is 11.1 Å². The van der Waals surface area contributed by atoms with Crippen molar-refractivity contribution in [1.29, 1.82) is 0 Å². The van der Waals surface area contributed by atoms with Crippen molar-refractivity contribution in [3.63, 3.8) is 0 Å². The Hall–Kier alpha value is -2.07. The zero-order valence-corrected chi connectivity index (χ0v) is 12.3. The first kappa shape index (κ1) is 15.3. The minimum atomic E-state index is -0.550. The fourth-order valence-electron chi connectivity index (χ4n) is 2.11. The molecular weight excluding hydrogens is 291 g/mol. The Bertz CT molecular complexity index is 643. The van der Waals surface area contributed by atoms with Crippen LogP contribution in [0.2, 0.25) is 5.02 Å². The molecule has 0 spiro atoms. The van der Waals surface area contributed by atoms with Crippen LogP contribution < -0.4 is 11.1 Å². The number of anilines is 1. The second kappa shape index (κ2) is 6.59. The summed E-state index contributed by atoms with van der Waals surface area (Å²) in [6, 6.07) is 11.6. The third-order valence-electron chi connectivity index (χ3n) is 3.10. The molecule has 2 rings (SSSR count). The highest BCUT2D eigenvalue weighted by molar-refractivity contribution is 6.34. The van der Waals surface area contributed by atoms with Gasteiger partial charge in [-0.1, -0.05) is 23.7 Å². The summed E-state index contributed by atoms with van der Waals surface area (Å²) < 4.78 is 12.9. The molecule has 1 amide bonds. The van der Waals surface area contributed by atoms with E-state index in [1.54, 1.807) is 30.3 Å². The molecule has 5 heteroatoms. The van der Waals surface area contributed by atoms with Crippen LogP contribution in [0.25, 0.3) is 0 Å². The van der Waals surface area contributed by atoms with Gasteiger partial charge in [0.25, 0.3) is 0 Å². The molecule has 0 aliphatic rings. The minimum absolute atomic E-state index is 0.131. The van der Waals surface area contributed by atoms with Crippen LogP contribution in [-0.2, 0) is 6.42 Å². The van der Waals surface area contributed by atoms with E-state index in [0.717, 1.165) is 17.7 Å². The summed E-state index contributed by atoms with van der Waals surface area (Å²) >= 11 is 6.00. The zero-order valence-electron chi connectivity index (χ0n) is 11.6. The first-order valence-corrected chi connectivity index (χ1v) is 6.94. The molecule has 3 nitrogen and oxygen atoms in total. The SMILES string of the molecule is CC(Cc1ccc(F)cc1)Nc1ccc(C(N)=O)c(Cl)c1. The van der Waals surface area contributed by atoms with E-state index < -0.39 is 5.91 Å². The molecule has 3 N–H and O–H groups in total. The predicted octanol–water partition coefficient (Wildman–Crippen LogP) is 3.62. The predicted molar refractivity (Wildman–Crippen MR) is 83.2 cm³/mol. The average Bonchev–Trinajstić information content (AvgIpc) is 2.41. The summed E-state index contributed by atoms with van der Waals surface area (Å²) in [5, 5.41) is 3.60. The highest BCUT2D eigenvalue weighted by Crippen LogP contribution is 2.21. The maximum atomic E-state index is 12.9. The number of carbonyl (C=O) groups excluding carboxylic acids is 1. The Morgan fingerprint density at radius 2 is 1.95 bits per heavy atom. The number of amides is 1. The van der Waals surface area contributed by atoms with Gasteiger partial charge in [-0.3, -0.25) is 4.79 Å². The third-order valence-corrected chi connectivity index (χ3v) is 3.42. The Balaban J connectivity index is 2.02. The molecule has 0 aliphatic carbocycles. The maximum Gasteiger partial charge on any atom is 0.250 e. The molecule has 1 unspecified atom stereocenters. The van der Waals surface area contributed by atoms with E-state index in [1.807, 2.05) is 6.92 Å². The quantitative estimate of drug-likeness (QED) is 0.886. The summed E-state index contributed by atoms with van der Waals surface area (Å²) in [5.41, 5.74) is 7.35. The van der Waals surface area contributed by atoms with Gasteiger partial charge in [0, 0.05) is 11.7 Å². The summed E-state index contributed by atoms with van der Waals surface area (Å²) in [4.78, 5) is 11.1. The van der Waals surface area contributed by atoms with Crippen LogP contribution in [0.1, 0.15) is 22.8 Å². The van der Waals surface area contributed by atoms with Crippen LogP contribution in [0, 0.1) is 5.82 Å². The molecule has 2 aromatic carbocycles. The van der Waals surface area contributed by atoms with Gasteiger partial charge >= 0.3 is 0 Å². The van der Waals surface area contributed by atoms with E-state index >= 15 is 0 Å². The van der Waals surface area contributed by atoms with Crippen LogP contribution in [0.5, 0.6) is 0 Å². The van der Waals surface area contributed by atoms with Gasteiger partial charge in [-0.05, 0) is 49.2 Å². The second-order valence-corrected chi connectivity index (χ2v) is 5.34. The van der Waals surface area contributed by atoms with E-state index in [-0.39, 0.29) is 11.9 Å². The summed E-state index contributed by atoms with van der Waals surface area (Å²) in [6.07, 6.45) is 0.746. The average molecular weight is 307 g/mol. The Morgan fingerprint density at radius 3 is 2.52 bits per heavy atom. The van der Waals surface area contributed by atoms with E-state index in [9.17, 15) is 9.18 Å². The minimum Gasteiger partial charge on any atom is -0.382 e. The van der Waals surface area contributed by atoms with Gasteiger partial charge in [-0.15, -0.1) is 0 Å². The highest BCUT2D eigenvalue weighted by Gasteiger charge is 2.09. The van der Waals surface area contributed by atoms with E-state index in [2.05, 4.69) is 5.32 Å². The molecule has 2 aromatic rings. The molecule has 0 aliphatic heterocycles. The van der Waals surface area contributed by atoms with Gasteiger partial charge in [-0.25, -0.2) is 4.39 Å². The topological polar surface area (TPSA) is 55.1 Å². The van der Waals surface area contributed by atoms with Gasteiger partial charge in [0.1, 0.15) is 5.82 Å². The zero-order chi connectivity index (χ0) is 15.4. The summed E-state index contributed by atoms with van der Waals surface area (Å²) in [7, 11) is 0. The lowest BCUT2D eigenvalue weighted by molar-refractivity contribution is 0.100. The van der Waals surface area contributed by atoms with Crippen molar-refractivity contribution >= 4 is 23.2 Å². The van der Waals surface area contributed by atoms with Crippen molar-refractivity contribution < 1.29 is 9.18 Å². The van der Waals surface area contributed by atoms with Crippen LogP contribution in [0.4, 0.5) is 10.1 Å². The maximum absolute atomic E-state index is 12.9. The molecular formula is C16H16ClFN2O. The largest absolute Gasteiger partial charge is 0.382 e. The lowest BCUT2D eigenvalue weighted by Crippen LogP contribution is -2.18. The number of hydrogen-bond acceptors (Lipinski definition) is 2. The van der Waals surface area contributed by atoms with E-state index in [0.29, 0.717) is 10.6 Å². The van der Waals surface area contributed by atoms with Gasteiger partial charge in [0.2, 0.25) is 5.91 Å². The molecule has 0 radical (unpaired) electrons. The molecule has 0 bridgehead atoms. The summed E-state index contributed by atoms with van der Waals surface area (Å²) in [6.45, 7) is 2.01. The highest BCUT2D eigenvalue weighted by atomic mass is 35.5. The molecule has 110 valence electrons. The van der Waals surface area contributed by atoms with Gasteiger partial charge in [0.05, 0.1) is 10.6 Å². The van der Waals surface area contributed by atoms with Crippen LogP contribution in [0.15, 0.2) is 42.5 Å². The number of benzene rings is 2. The van der Waals surface area contributed by atoms with Crippen molar-refractivity contribution in [2.24, 2.45) is 5.73 Å². The Kier molecular flexibility index (Phi) is 4.81. The number of hydrogen-bond donors (Lipinski definition) is 2. The van der Waals surface area contributed by atoms with E-state index in [4.69, 9.17) is 17.3 Å². The van der Waals surface area contributed by atoms with Crippen molar-refractivity contribution in [3.8, 4) is 0 Å². The van der Waals surface area contributed by atoms with Crippen LogP contribution >= 0.6 is 11.6 Å². The molecule has 0 saturated heterocycles. The number of carbonyl (C=O) groups is 1. The molecule has 1 atom stereocenters. The molecule has 0 saturated carbocycles. The number of nitrogens with two attached hydrogens (primary N) is 1. The van der Waals surface area contributed by atoms with E-state index in [1.165, 1.54) is 12.1 Å². The molecule has 21 heavy (non-hydrogen) atoms. The van der Waals surface area contributed by atoms with Crippen molar-refractivity contribution in [3.05, 3.63) is 64.4 Å². The normalized spacial score (nSPS) is 12.0. The van der Waals surface area contributed by atoms with Crippen molar-refractivity contribution in [2.75, 3.05) is 5.32 Å². The third kappa shape index (κ3) is 4.20. The number of rotatable bonds is 5. The van der Waals surface area contributed by atoms with Crippen molar-refractivity contribution in [1.82, 2.24) is 0 Å². The molecule has 0 heterocycles. The number of halogens is 2. The lowest BCUT2D eigenvalue weighted by atomic mass is 10.1. The smallest absolute Gasteiger partial charge is 0.250 e. The summed E-state index contributed by atoms with van der Waals surface area (Å²) in [5.74, 6) is -0.793. The Labute approximate surface area is 127 Å². The van der Waals surface area contributed by atoms with Crippen molar-refractivity contribution in [2.45, 2.75) is 19.4 Å². The molecule has 0 fully saturated rings. The van der Waals surface area contributed by atoms with Crippen LogP contribution in [-0.4, -0.2) is 11.9 Å². The number of nitrogens with one attached hydrogen (secondary N) is 1. The van der Waals surface area contributed by atoms with Gasteiger partial charge in [-0.2, -0.15) is 0 Å². The Morgan fingerprint density at radius 1 is 1.29 bits per heavy atom. The number of primary amides is 1. The second-order valence-electron chi connectivity index (χ2n) is 4.93. The lowest BCUT2D eigenvalue weighted by Gasteiger charge is -2.16. The fraction of sp³-hybridized carbons (Fsp3) is 0.188. The molecule has 0 aromatic heterocycles. The first-order chi connectivity index (χ1) is 9.95. The van der Waals surface area contributed by atoms with Gasteiger partial charge in [0.15, 0.2) is 0 Å². The first-order valence-electron chi connectivity index (χ1n) is 6.56. The van der Waals surface area contributed by atoms with Crippen LogP contribution in [0.3, 0.4) is 0 Å². The standard InChI is InChI=1S/C16H16ClFN2O/c1-10(8-11-2-4-12(18)5-3-11)20-13-6-7-14(16(19)21)15(17)9-13/h2-7,9-10,20H,8H2,1H3,(H2,19,21).